The Balaban J connectivity index is 1.73. The Morgan fingerprint density at radius 3 is 2.43 bits per heavy atom. The molecule has 2 atom stereocenters. The minimum atomic E-state index is 0.335. The number of rotatable bonds is 5. The molecule has 0 spiro atoms. The van der Waals surface area contributed by atoms with Crippen molar-refractivity contribution < 1.29 is 9.47 Å². The Morgan fingerprint density at radius 1 is 1.00 bits per heavy atom. The van der Waals surface area contributed by atoms with E-state index in [0.717, 1.165) is 38.3 Å². The highest BCUT2D eigenvalue weighted by atomic mass is 16.5. The first kappa shape index (κ1) is 16.2. The van der Waals surface area contributed by atoms with Gasteiger partial charge in [-0.05, 0) is 32.1 Å². The average molecular weight is 321 g/mol. The van der Waals surface area contributed by atoms with Crippen LogP contribution in [-0.2, 0) is 4.74 Å². The summed E-state index contributed by atoms with van der Waals surface area (Å²) in [6.45, 7) is 2.00. The monoisotopic (exact) mass is 321 g/mol. The van der Waals surface area contributed by atoms with Gasteiger partial charge in [0.1, 0.15) is 0 Å². The molecule has 2 unspecified atom stereocenters. The van der Waals surface area contributed by atoms with Gasteiger partial charge in [0.25, 0.3) is 0 Å². The summed E-state index contributed by atoms with van der Waals surface area (Å²) in [4.78, 5) is 15.7. The van der Waals surface area contributed by atoms with Crippen molar-refractivity contribution in [2.45, 2.75) is 57.1 Å². The van der Waals surface area contributed by atoms with Crippen molar-refractivity contribution in [1.82, 2.24) is 15.0 Å². The molecule has 3 rings (SSSR count). The lowest BCUT2D eigenvalue weighted by atomic mass is 10.2. The Labute approximate surface area is 137 Å². The van der Waals surface area contributed by atoms with Gasteiger partial charge < -0.3 is 19.7 Å². The molecule has 0 bridgehead atoms. The number of hydrogen-bond acceptors (Lipinski definition) is 7. The first-order valence-corrected chi connectivity index (χ1v) is 8.63. The van der Waals surface area contributed by atoms with Gasteiger partial charge in [0, 0.05) is 26.2 Å². The van der Waals surface area contributed by atoms with E-state index < -0.39 is 0 Å². The van der Waals surface area contributed by atoms with Crippen molar-refractivity contribution in [1.29, 1.82) is 0 Å². The highest BCUT2D eigenvalue weighted by Gasteiger charge is 2.25. The molecule has 1 aromatic heterocycles. The number of nitrogens with zero attached hydrogens (tertiary/aromatic N) is 4. The van der Waals surface area contributed by atoms with Crippen LogP contribution in [0.2, 0.25) is 0 Å². The first-order valence-electron chi connectivity index (χ1n) is 8.63. The molecule has 2 fully saturated rings. The van der Waals surface area contributed by atoms with Gasteiger partial charge in [0.15, 0.2) is 0 Å². The predicted octanol–water partition coefficient (Wildman–Crippen LogP) is 2.24. The largest absolute Gasteiger partial charge is 0.467 e. The maximum absolute atomic E-state index is 5.43. The zero-order chi connectivity index (χ0) is 16.1. The molecule has 7 nitrogen and oxygen atoms in total. The van der Waals surface area contributed by atoms with Crippen LogP contribution in [0.15, 0.2) is 0 Å². The Hall–Kier alpha value is -1.63. The number of hydrogen-bond donors (Lipinski definition) is 1. The highest BCUT2D eigenvalue weighted by molar-refractivity contribution is 5.39. The number of anilines is 2. The summed E-state index contributed by atoms with van der Waals surface area (Å²) >= 11 is 0. The van der Waals surface area contributed by atoms with E-state index in [1.54, 1.807) is 14.2 Å². The molecule has 7 heteroatoms. The van der Waals surface area contributed by atoms with Crippen molar-refractivity contribution in [2.24, 2.45) is 0 Å². The molecule has 1 saturated heterocycles. The second-order valence-corrected chi connectivity index (χ2v) is 6.36. The average Bonchev–Trinajstić information content (AvgIpc) is 2.85. The van der Waals surface area contributed by atoms with Gasteiger partial charge in [0.05, 0.1) is 13.2 Å². The van der Waals surface area contributed by atoms with Crippen molar-refractivity contribution in [3.05, 3.63) is 0 Å². The number of ether oxygens (including phenoxy) is 2. The lowest BCUT2D eigenvalue weighted by Gasteiger charge is -2.21. The predicted molar refractivity (Wildman–Crippen MR) is 89.1 cm³/mol. The standard InChI is InChI=1S/C16H27N5O2/c1-22-13-8-7-12(11-13)17-14-18-15(20-16(19-14)23-2)21-9-5-3-4-6-10-21/h12-13H,3-11H2,1-2H3,(H,17,18,19,20). The lowest BCUT2D eigenvalue weighted by molar-refractivity contribution is 0.108. The molecule has 23 heavy (non-hydrogen) atoms. The van der Waals surface area contributed by atoms with Crippen LogP contribution in [0, 0.1) is 0 Å². The summed E-state index contributed by atoms with van der Waals surface area (Å²) in [5.74, 6) is 1.33. The van der Waals surface area contributed by atoms with E-state index in [4.69, 9.17) is 9.47 Å². The maximum Gasteiger partial charge on any atom is 0.322 e. The fourth-order valence-electron chi connectivity index (χ4n) is 3.38. The van der Waals surface area contributed by atoms with Gasteiger partial charge in [-0.25, -0.2) is 0 Å². The third kappa shape index (κ3) is 4.22. The maximum atomic E-state index is 5.43. The van der Waals surface area contributed by atoms with Crippen molar-refractivity contribution in [3.8, 4) is 6.01 Å². The third-order valence-corrected chi connectivity index (χ3v) is 4.73. The Kier molecular flexibility index (Phi) is 5.48. The molecule has 0 aromatic carbocycles. The summed E-state index contributed by atoms with van der Waals surface area (Å²) in [6.07, 6.45) is 8.42. The van der Waals surface area contributed by atoms with Crippen LogP contribution in [0.5, 0.6) is 6.01 Å². The van der Waals surface area contributed by atoms with Gasteiger partial charge in [0.2, 0.25) is 11.9 Å². The highest BCUT2D eigenvalue weighted by Crippen LogP contribution is 2.25. The number of aromatic nitrogens is 3. The van der Waals surface area contributed by atoms with E-state index in [-0.39, 0.29) is 0 Å². The van der Waals surface area contributed by atoms with Gasteiger partial charge in [-0.3, -0.25) is 0 Å². The summed E-state index contributed by atoms with van der Waals surface area (Å²) < 4.78 is 10.7. The van der Waals surface area contributed by atoms with Crippen molar-refractivity contribution >= 4 is 11.9 Å². The molecule has 2 heterocycles. The fourth-order valence-corrected chi connectivity index (χ4v) is 3.38. The van der Waals surface area contributed by atoms with E-state index in [2.05, 4.69) is 25.2 Å². The molecule has 0 radical (unpaired) electrons. The Morgan fingerprint density at radius 2 is 1.78 bits per heavy atom. The van der Waals surface area contributed by atoms with Gasteiger partial charge in [-0.15, -0.1) is 0 Å². The van der Waals surface area contributed by atoms with Gasteiger partial charge in [-0.2, -0.15) is 15.0 Å². The molecule has 1 N–H and O–H groups in total. The molecule has 2 aliphatic rings. The molecular formula is C16H27N5O2. The first-order chi connectivity index (χ1) is 11.3. The van der Waals surface area contributed by atoms with Crippen molar-refractivity contribution in [3.63, 3.8) is 0 Å². The van der Waals surface area contributed by atoms with Crippen LogP contribution < -0.4 is 15.0 Å². The third-order valence-electron chi connectivity index (χ3n) is 4.73. The molecule has 1 aromatic rings. The zero-order valence-corrected chi connectivity index (χ0v) is 14.1. The fraction of sp³-hybridized carbons (Fsp3) is 0.812. The minimum Gasteiger partial charge on any atom is -0.467 e. The Bertz CT molecular complexity index is 505. The SMILES string of the molecule is COc1nc(NC2CCC(OC)C2)nc(N2CCCCCC2)n1. The van der Waals surface area contributed by atoms with Crippen LogP contribution >= 0.6 is 0 Å². The van der Waals surface area contributed by atoms with E-state index in [1.807, 2.05) is 0 Å². The second-order valence-electron chi connectivity index (χ2n) is 6.36. The van der Waals surface area contributed by atoms with Gasteiger partial charge >= 0.3 is 6.01 Å². The van der Waals surface area contributed by atoms with Crippen molar-refractivity contribution in [2.75, 3.05) is 37.5 Å². The smallest absolute Gasteiger partial charge is 0.322 e. The summed E-state index contributed by atoms with van der Waals surface area (Å²) in [7, 11) is 3.37. The van der Waals surface area contributed by atoms with Crippen LogP contribution in [0.4, 0.5) is 11.9 Å². The van der Waals surface area contributed by atoms with Gasteiger partial charge in [-0.1, -0.05) is 12.8 Å². The molecule has 1 aliphatic heterocycles. The summed E-state index contributed by atoms with van der Waals surface area (Å²) in [5, 5.41) is 3.43. The topological polar surface area (TPSA) is 72.4 Å². The van der Waals surface area contributed by atoms with Crippen LogP contribution in [-0.4, -0.2) is 54.4 Å². The van der Waals surface area contributed by atoms with E-state index in [9.17, 15) is 0 Å². The summed E-state index contributed by atoms with van der Waals surface area (Å²) in [5.41, 5.74) is 0. The molecule has 0 amide bonds. The van der Waals surface area contributed by atoms with Crippen LogP contribution in [0.25, 0.3) is 0 Å². The lowest BCUT2D eigenvalue weighted by Crippen LogP contribution is -2.27. The minimum absolute atomic E-state index is 0.335. The molecular weight excluding hydrogens is 294 g/mol. The van der Waals surface area contributed by atoms with E-state index in [1.165, 1.54) is 25.7 Å². The normalized spacial score (nSPS) is 25.2. The molecule has 1 saturated carbocycles. The molecule has 1 aliphatic carbocycles. The second kappa shape index (κ2) is 7.77. The number of methoxy groups -OCH3 is 2. The molecule has 128 valence electrons. The summed E-state index contributed by atoms with van der Waals surface area (Å²) in [6, 6.07) is 0.729. The zero-order valence-electron chi connectivity index (χ0n) is 14.1. The van der Waals surface area contributed by atoms with E-state index in [0.29, 0.717) is 24.1 Å². The van der Waals surface area contributed by atoms with Crippen LogP contribution in [0.1, 0.15) is 44.9 Å². The number of nitrogens with one attached hydrogen (secondary N) is 1. The van der Waals surface area contributed by atoms with E-state index >= 15 is 0 Å². The van der Waals surface area contributed by atoms with Crippen LogP contribution in [0.3, 0.4) is 0 Å². The quantitative estimate of drug-likeness (QED) is 0.891.